The molecule has 0 radical (unpaired) electrons. The van der Waals surface area contributed by atoms with Crippen LogP contribution < -0.4 is 4.46 Å². The van der Waals surface area contributed by atoms with Crippen molar-refractivity contribution in [2.45, 2.75) is 58.4 Å². The van der Waals surface area contributed by atoms with Crippen molar-refractivity contribution >= 4 is 25.3 Å². The first-order chi connectivity index (χ1) is 13.7. The second-order valence-corrected chi connectivity index (χ2v) is 9.74. The molecule has 150 valence electrons. The van der Waals surface area contributed by atoms with E-state index in [0.717, 1.165) is 12.0 Å². The van der Waals surface area contributed by atoms with Gasteiger partial charge in [-0.1, -0.05) is 0 Å². The van der Waals surface area contributed by atoms with Crippen LogP contribution in [-0.2, 0) is 11.3 Å². The number of hydrogen-bond acceptors (Lipinski definition) is 1. The zero-order valence-corrected chi connectivity index (χ0v) is 19.0. The van der Waals surface area contributed by atoms with Gasteiger partial charge in [-0.15, -0.1) is 0 Å². The van der Waals surface area contributed by atoms with Crippen LogP contribution in [0.3, 0.4) is 0 Å². The third-order valence-corrected chi connectivity index (χ3v) is 6.98. The molecular formula is C25H33NOSe. The number of rotatable bonds is 12. The van der Waals surface area contributed by atoms with E-state index in [1.165, 1.54) is 47.5 Å². The van der Waals surface area contributed by atoms with Crippen molar-refractivity contribution in [3.63, 3.8) is 0 Å². The zero-order valence-electron chi connectivity index (χ0n) is 17.3. The van der Waals surface area contributed by atoms with Crippen LogP contribution >= 0.6 is 0 Å². The molecule has 28 heavy (non-hydrogen) atoms. The van der Waals surface area contributed by atoms with Crippen LogP contribution in [0.15, 0.2) is 71.2 Å². The van der Waals surface area contributed by atoms with Crippen molar-refractivity contribution in [3.8, 4) is 0 Å². The van der Waals surface area contributed by atoms with Crippen LogP contribution in [0.5, 0.6) is 0 Å². The third kappa shape index (κ3) is 8.91. The van der Waals surface area contributed by atoms with Gasteiger partial charge in [-0.3, -0.25) is 0 Å². The molecule has 0 heterocycles. The Morgan fingerprint density at radius 2 is 1.50 bits per heavy atom. The van der Waals surface area contributed by atoms with E-state index in [1.54, 1.807) is 0 Å². The summed E-state index contributed by atoms with van der Waals surface area (Å²) in [7, 11) is 1.89. The summed E-state index contributed by atoms with van der Waals surface area (Å²) in [5, 5.41) is 0. The number of carbonyl (C=O) groups excluding carboxylic acids is 1. The number of nitrogens with zero attached hydrogens (tertiary/aromatic N) is 1. The molecule has 3 heteroatoms. The maximum absolute atomic E-state index is 12.8. The monoisotopic (exact) mass is 443 g/mol. The summed E-state index contributed by atoms with van der Waals surface area (Å²) < 4.78 is 2.64. The summed E-state index contributed by atoms with van der Waals surface area (Å²) >= 11 is 0.216. The van der Waals surface area contributed by atoms with E-state index >= 15 is 0 Å². The Morgan fingerprint density at radius 1 is 0.893 bits per heavy atom. The van der Waals surface area contributed by atoms with Crippen LogP contribution in [0, 0.1) is 0 Å². The minimum absolute atomic E-state index is 0.114. The van der Waals surface area contributed by atoms with Crippen LogP contribution in [0.2, 0.25) is 0 Å². The van der Waals surface area contributed by atoms with Crippen LogP contribution in [0.25, 0.3) is 0 Å². The van der Waals surface area contributed by atoms with Crippen molar-refractivity contribution in [1.82, 2.24) is 4.90 Å². The van der Waals surface area contributed by atoms with E-state index in [-0.39, 0.29) is 20.9 Å². The average molecular weight is 443 g/mol. The van der Waals surface area contributed by atoms with Crippen LogP contribution in [0.4, 0.5) is 0 Å². The number of likely N-dealkylation sites (N-methyl/N-ethyl adjacent to an activating group) is 1. The fraction of sp³-hybridized carbons (Fsp3) is 0.400. The van der Waals surface area contributed by atoms with Crippen LogP contribution in [0.1, 0.15) is 57.4 Å². The normalized spacial score (nSPS) is 11.4. The van der Waals surface area contributed by atoms with Gasteiger partial charge in [-0.2, -0.15) is 0 Å². The second-order valence-electron chi connectivity index (χ2n) is 7.22. The summed E-state index contributed by atoms with van der Waals surface area (Å²) in [6.07, 6.45) is 10.6. The molecule has 0 aromatic heterocycles. The van der Waals surface area contributed by atoms with E-state index in [2.05, 4.69) is 49.4 Å². The molecule has 0 saturated carbocycles. The summed E-state index contributed by atoms with van der Waals surface area (Å²) in [6, 6.07) is 20.8. The maximum atomic E-state index is 12.8. The van der Waals surface area contributed by atoms with Gasteiger partial charge in [0.2, 0.25) is 0 Å². The molecule has 2 rings (SSSR count). The summed E-state index contributed by atoms with van der Waals surface area (Å²) in [6.45, 7) is 2.90. The Labute approximate surface area is 177 Å². The summed E-state index contributed by atoms with van der Waals surface area (Å²) in [4.78, 5) is 14.6. The first kappa shape index (κ1) is 22.5. The first-order valence-electron chi connectivity index (χ1n) is 10.4. The van der Waals surface area contributed by atoms with Gasteiger partial charge in [-0.05, 0) is 0 Å². The molecule has 0 aliphatic carbocycles. The van der Waals surface area contributed by atoms with Crippen molar-refractivity contribution in [3.05, 3.63) is 76.8 Å². The van der Waals surface area contributed by atoms with Gasteiger partial charge in [0.25, 0.3) is 0 Å². The van der Waals surface area contributed by atoms with Gasteiger partial charge in [0.1, 0.15) is 0 Å². The quantitative estimate of drug-likeness (QED) is 0.248. The molecule has 0 N–H and O–H groups in total. The fourth-order valence-corrected chi connectivity index (χ4v) is 5.16. The molecule has 0 aliphatic heterocycles. The molecule has 2 aromatic rings. The van der Waals surface area contributed by atoms with Crippen molar-refractivity contribution in [2.24, 2.45) is 0 Å². The van der Waals surface area contributed by atoms with E-state index < -0.39 is 0 Å². The van der Waals surface area contributed by atoms with E-state index in [1.807, 2.05) is 36.2 Å². The Bertz CT molecular complexity index is 712. The molecule has 0 atom stereocenters. The Kier molecular flexibility index (Phi) is 10.7. The molecule has 0 aliphatic rings. The van der Waals surface area contributed by atoms with Gasteiger partial charge in [0.05, 0.1) is 0 Å². The zero-order chi connectivity index (χ0) is 20.0. The van der Waals surface area contributed by atoms with Crippen LogP contribution in [-0.4, -0.2) is 32.8 Å². The minimum atomic E-state index is 0.114. The molecule has 2 nitrogen and oxygen atoms in total. The second kappa shape index (κ2) is 13.4. The predicted octanol–water partition coefficient (Wildman–Crippen LogP) is 5.31. The van der Waals surface area contributed by atoms with Gasteiger partial charge in [0.15, 0.2) is 0 Å². The number of benzene rings is 2. The summed E-state index contributed by atoms with van der Waals surface area (Å²) in [5.74, 6) is 0.114. The van der Waals surface area contributed by atoms with Gasteiger partial charge >= 0.3 is 177 Å². The van der Waals surface area contributed by atoms with E-state index in [0.29, 0.717) is 6.54 Å². The number of allylic oxidation sites excluding steroid dienone is 1. The number of amides is 1. The first-order valence-corrected chi connectivity index (χ1v) is 12.1. The molecule has 0 fully saturated rings. The fourth-order valence-electron chi connectivity index (χ4n) is 3.06. The Hall–Kier alpha value is -1.83. The van der Waals surface area contributed by atoms with E-state index in [9.17, 15) is 4.79 Å². The van der Waals surface area contributed by atoms with Gasteiger partial charge in [-0.25, -0.2) is 0 Å². The average Bonchev–Trinajstić information content (AvgIpc) is 2.72. The molecule has 0 saturated heterocycles. The predicted molar refractivity (Wildman–Crippen MR) is 121 cm³/mol. The number of hydrogen-bond donors (Lipinski definition) is 0. The SMILES string of the molecule is CCCCCCCC/C(=C/C(=O)N(C)Cc1ccccc1)[Se]c1ccccc1. The number of unbranched alkanes of at least 4 members (excludes halogenated alkanes) is 5. The topological polar surface area (TPSA) is 20.3 Å². The molecule has 0 spiro atoms. The van der Waals surface area contributed by atoms with Crippen molar-refractivity contribution < 1.29 is 4.79 Å². The molecule has 0 bridgehead atoms. The van der Waals surface area contributed by atoms with Crippen molar-refractivity contribution in [2.75, 3.05) is 7.05 Å². The molecular weight excluding hydrogens is 409 g/mol. The molecule has 0 unspecified atom stereocenters. The van der Waals surface area contributed by atoms with E-state index in [4.69, 9.17) is 0 Å². The Morgan fingerprint density at radius 3 is 2.18 bits per heavy atom. The summed E-state index contributed by atoms with van der Waals surface area (Å²) in [5.41, 5.74) is 1.16. The third-order valence-electron chi connectivity index (χ3n) is 4.69. The van der Waals surface area contributed by atoms with Gasteiger partial charge < -0.3 is 0 Å². The molecule has 1 amide bonds. The Balaban J connectivity index is 1.96. The standard InChI is InChI=1S/C25H33NOSe/c1-3-4-5-6-7-12-19-24(28-23-17-13-9-14-18-23)20-25(27)26(2)21-22-15-10-8-11-16-22/h8-11,13-18,20H,3-7,12,19,21H2,1-2H3/b24-20-. The van der Waals surface area contributed by atoms with Gasteiger partial charge in [0, 0.05) is 0 Å². The van der Waals surface area contributed by atoms with Crippen molar-refractivity contribution in [1.29, 1.82) is 0 Å². The molecule has 2 aromatic carbocycles. The number of carbonyl (C=O) groups is 1.